The van der Waals surface area contributed by atoms with Gasteiger partial charge in [-0.15, -0.1) is 0 Å². The molecule has 0 aliphatic heterocycles. The fourth-order valence-electron chi connectivity index (χ4n) is 4.99. The molecule has 0 amide bonds. The van der Waals surface area contributed by atoms with E-state index in [2.05, 4.69) is 46.9 Å². The molecule has 21 heavy (non-hydrogen) atoms. The van der Waals surface area contributed by atoms with Gasteiger partial charge < -0.3 is 5.11 Å². The molecular formula is C20H32O. The molecule has 0 heterocycles. The molecule has 0 aromatic heterocycles. The molecule has 2 aliphatic rings. The van der Waals surface area contributed by atoms with Gasteiger partial charge in [0, 0.05) is 0 Å². The molecule has 1 heteroatoms. The first-order valence-corrected chi connectivity index (χ1v) is 8.38. The Morgan fingerprint density at radius 2 is 2.00 bits per heavy atom. The summed E-state index contributed by atoms with van der Waals surface area (Å²) < 4.78 is 0. The number of aliphatic hydroxyl groups is 1. The molecule has 0 saturated heterocycles. The van der Waals surface area contributed by atoms with E-state index in [1.165, 1.54) is 17.6 Å². The van der Waals surface area contributed by atoms with Gasteiger partial charge in [-0.1, -0.05) is 57.2 Å². The highest BCUT2D eigenvalue weighted by Gasteiger charge is 2.55. The Balaban J connectivity index is 2.32. The first-order valence-electron chi connectivity index (χ1n) is 8.38. The smallest absolute Gasteiger partial charge is 0.0594 e. The highest BCUT2D eigenvalue weighted by Crippen LogP contribution is 2.61. The monoisotopic (exact) mass is 288 g/mol. The zero-order chi connectivity index (χ0) is 15.8. The van der Waals surface area contributed by atoms with E-state index in [0.717, 1.165) is 25.7 Å². The minimum Gasteiger partial charge on any atom is -0.393 e. The number of rotatable bonds is 3. The minimum atomic E-state index is -0.159. The maximum absolute atomic E-state index is 10.5. The lowest BCUT2D eigenvalue weighted by atomic mass is 9.46. The number of aliphatic hydroxyl groups excluding tert-OH is 1. The van der Waals surface area contributed by atoms with E-state index in [1.54, 1.807) is 0 Å². The SMILES string of the molecule is C=C/C(C)=C/C[C@@H]1C(=C)CC[C@@H]2C(C)(C)[C@@H](O)CC[C@@]12C. The van der Waals surface area contributed by atoms with E-state index in [-0.39, 0.29) is 16.9 Å². The van der Waals surface area contributed by atoms with E-state index in [9.17, 15) is 5.11 Å². The summed E-state index contributed by atoms with van der Waals surface area (Å²) >= 11 is 0. The zero-order valence-corrected chi connectivity index (χ0v) is 14.3. The van der Waals surface area contributed by atoms with Crippen molar-refractivity contribution in [3.05, 3.63) is 36.5 Å². The van der Waals surface area contributed by atoms with Gasteiger partial charge in [0.15, 0.2) is 0 Å². The Morgan fingerprint density at radius 3 is 2.62 bits per heavy atom. The number of fused-ring (bicyclic) bond motifs is 1. The molecule has 2 fully saturated rings. The summed E-state index contributed by atoms with van der Waals surface area (Å²) in [6.07, 6.45) is 9.49. The topological polar surface area (TPSA) is 20.2 Å². The lowest BCUT2D eigenvalue weighted by Gasteiger charge is -2.59. The van der Waals surface area contributed by atoms with Crippen LogP contribution < -0.4 is 0 Å². The second-order valence-corrected chi connectivity index (χ2v) is 8.07. The summed E-state index contributed by atoms with van der Waals surface area (Å²) in [7, 11) is 0. The van der Waals surface area contributed by atoms with E-state index >= 15 is 0 Å². The van der Waals surface area contributed by atoms with Crippen molar-refractivity contribution < 1.29 is 5.11 Å². The van der Waals surface area contributed by atoms with Crippen LogP contribution in [0.2, 0.25) is 0 Å². The maximum atomic E-state index is 10.5. The molecule has 0 bridgehead atoms. The zero-order valence-electron chi connectivity index (χ0n) is 14.3. The molecule has 2 rings (SSSR count). The van der Waals surface area contributed by atoms with Gasteiger partial charge in [-0.3, -0.25) is 0 Å². The van der Waals surface area contributed by atoms with Gasteiger partial charge in [0.05, 0.1) is 6.10 Å². The average Bonchev–Trinajstić information content (AvgIpc) is 2.42. The standard InChI is InChI=1S/C20H32O/c1-7-14(2)8-10-16-15(3)9-11-17-19(4,5)18(21)12-13-20(16,17)6/h7-8,16-18,21H,1,3,9-13H2,2,4-6H3/b14-8+/t16-,17-,18+,20+/m1/s1. The fourth-order valence-corrected chi connectivity index (χ4v) is 4.99. The van der Waals surface area contributed by atoms with Crippen molar-refractivity contribution in [1.82, 2.24) is 0 Å². The quantitative estimate of drug-likeness (QED) is 0.553. The molecule has 4 atom stereocenters. The van der Waals surface area contributed by atoms with Crippen molar-refractivity contribution in [3.8, 4) is 0 Å². The highest BCUT2D eigenvalue weighted by molar-refractivity contribution is 5.20. The van der Waals surface area contributed by atoms with Gasteiger partial charge in [0.2, 0.25) is 0 Å². The van der Waals surface area contributed by atoms with Crippen LogP contribution in [0.1, 0.15) is 59.8 Å². The second-order valence-electron chi connectivity index (χ2n) is 8.07. The Bertz CT molecular complexity index is 456. The Kier molecular flexibility index (Phi) is 4.54. The van der Waals surface area contributed by atoms with Gasteiger partial charge in [-0.25, -0.2) is 0 Å². The molecule has 2 saturated carbocycles. The number of allylic oxidation sites excluding steroid dienone is 4. The van der Waals surface area contributed by atoms with E-state index in [4.69, 9.17) is 0 Å². The highest BCUT2D eigenvalue weighted by atomic mass is 16.3. The van der Waals surface area contributed by atoms with E-state index in [1.807, 2.05) is 6.08 Å². The number of hydrogen-bond donors (Lipinski definition) is 1. The van der Waals surface area contributed by atoms with Crippen LogP contribution in [0, 0.1) is 22.7 Å². The summed E-state index contributed by atoms with van der Waals surface area (Å²) in [6, 6.07) is 0. The predicted octanol–water partition coefficient (Wildman–Crippen LogP) is 5.28. The maximum Gasteiger partial charge on any atom is 0.0594 e. The van der Waals surface area contributed by atoms with Crippen LogP contribution in [0.25, 0.3) is 0 Å². The van der Waals surface area contributed by atoms with Gasteiger partial charge in [-0.05, 0) is 61.7 Å². The van der Waals surface area contributed by atoms with Gasteiger partial charge in [-0.2, -0.15) is 0 Å². The summed E-state index contributed by atoms with van der Waals surface area (Å²) in [5, 5.41) is 10.5. The van der Waals surface area contributed by atoms with Crippen molar-refractivity contribution in [2.45, 2.75) is 65.9 Å². The fraction of sp³-hybridized carbons (Fsp3) is 0.700. The van der Waals surface area contributed by atoms with E-state index in [0.29, 0.717) is 11.8 Å². The van der Waals surface area contributed by atoms with Crippen molar-refractivity contribution >= 4 is 0 Å². The van der Waals surface area contributed by atoms with Crippen molar-refractivity contribution in [1.29, 1.82) is 0 Å². The molecule has 118 valence electrons. The lowest BCUT2D eigenvalue weighted by molar-refractivity contribution is -0.123. The summed E-state index contributed by atoms with van der Waals surface area (Å²) in [5.74, 6) is 1.12. The van der Waals surface area contributed by atoms with Crippen molar-refractivity contribution in [2.24, 2.45) is 22.7 Å². The molecule has 2 aliphatic carbocycles. The average molecular weight is 288 g/mol. The van der Waals surface area contributed by atoms with Gasteiger partial charge in [0.25, 0.3) is 0 Å². The first-order chi connectivity index (χ1) is 9.73. The molecule has 0 unspecified atom stereocenters. The van der Waals surface area contributed by atoms with Crippen LogP contribution in [0.3, 0.4) is 0 Å². The Morgan fingerprint density at radius 1 is 1.33 bits per heavy atom. The van der Waals surface area contributed by atoms with Crippen LogP contribution in [0.4, 0.5) is 0 Å². The molecule has 0 spiro atoms. The molecule has 1 nitrogen and oxygen atoms in total. The second kappa shape index (κ2) is 5.76. The van der Waals surface area contributed by atoms with Crippen LogP contribution >= 0.6 is 0 Å². The predicted molar refractivity (Wildman–Crippen MR) is 91.1 cm³/mol. The van der Waals surface area contributed by atoms with Gasteiger partial charge in [0.1, 0.15) is 0 Å². The lowest BCUT2D eigenvalue weighted by Crippen LogP contribution is -2.54. The summed E-state index contributed by atoms with van der Waals surface area (Å²) in [5.41, 5.74) is 2.96. The van der Waals surface area contributed by atoms with Gasteiger partial charge >= 0.3 is 0 Å². The summed E-state index contributed by atoms with van der Waals surface area (Å²) in [6.45, 7) is 17.3. The molecule has 0 aromatic carbocycles. The molecule has 1 N–H and O–H groups in total. The first kappa shape index (κ1) is 16.5. The number of hydrogen-bond acceptors (Lipinski definition) is 1. The van der Waals surface area contributed by atoms with Crippen LogP contribution in [0.5, 0.6) is 0 Å². The summed E-state index contributed by atoms with van der Waals surface area (Å²) in [4.78, 5) is 0. The third-order valence-electron chi connectivity index (χ3n) is 6.55. The normalized spacial score (nSPS) is 39.8. The largest absolute Gasteiger partial charge is 0.393 e. The third-order valence-corrected chi connectivity index (χ3v) is 6.55. The molecular weight excluding hydrogens is 256 g/mol. The molecule has 0 radical (unpaired) electrons. The van der Waals surface area contributed by atoms with Crippen LogP contribution in [0.15, 0.2) is 36.5 Å². The third kappa shape index (κ3) is 2.77. The van der Waals surface area contributed by atoms with Crippen LogP contribution in [-0.4, -0.2) is 11.2 Å². The van der Waals surface area contributed by atoms with E-state index < -0.39 is 0 Å². The van der Waals surface area contributed by atoms with Crippen LogP contribution in [-0.2, 0) is 0 Å². The van der Waals surface area contributed by atoms with Crippen molar-refractivity contribution in [3.63, 3.8) is 0 Å². The Hall–Kier alpha value is -0.820. The Labute approximate surface area is 130 Å². The molecule has 0 aromatic rings. The minimum absolute atomic E-state index is 0.0170. The van der Waals surface area contributed by atoms with Crippen molar-refractivity contribution in [2.75, 3.05) is 0 Å².